The molecule has 26 heavy (non-hydrogen) atoms. The average molecular weight is 364 g/mol. The van der Waals surface area contributed by atoms with Gasteiger partial charge in [0.25, 0.3) is 0 Å². The van der Waals surface area contributed by atoms with Gasteiger partial charge in [-0.25, -0.2) is 0 Å². The van der Waals surface area contributed by atoms with E-state index in [-0.39, 0.29) is 24.4 Å². The molecular weight excluding hydrogens is 335 g/mol. The van der Waals surface area contributed by atoms with Crippen molar-refractivity contribution in [3.63, 3.8) is 0 Å². The molecule has 2 fully saturated rings. The summed E-state index contributed by atoms with van der Waals surface area (Å²) in [5.41, 5.74) is 0.316. The minimum absolute atomic E-state index is 0.0305. The second-order valence-electron chi connectivity index (χ2n) is 7.65. The van der Waals surface area contributed by atoms with Crippen LogP contribution in [0.15, 0.2) is 24.3 Å². The normalized spacial score (nSPS) is 24.6. The van der Waals surface area contributed by atoms with E-state index in [1.807, 2.05) is 24.3 Å². The van der Waals surface area contributed by atoms with Gasteiger partial charge in [-0.15, -0.1) is 0 Å². The molecule has 0 aromatic heterocycles. The van der Waals surface area contributed by atoms with E-state index in [1.165, 1.54) is 0 Å². The van der Waals surface area contributed by atoms with Crippen LogP contribution in [0.4, 0.5) is 0 Å². The van der Waals surface area contributed by atoms with Crippen molar-refractivity contribution in [3.8, 4) is 5.75 Å². The standard InChI is InChI=1S/C19H29BO6/c1-18(2)19(3,4)26-20(25-18)15-5-7-16(8-6-15)23-11-9-21-13-17-14-22-10-12-24-17/h5-8,17H,9-14H2,1-4H3/t17-/m1/s1. The lowest BCUT2D eigenvalue weighted by Crippen LogP contribution is -2.41. The molecule has 0 aliphatic carbocycles. The third-order valence-corrected chi connectivity index (χ3v) is 5.09. The molecule has 1 aromatic carbocycles. The van der Waals surface area contributed by atoms with Crippen molar-refractivity contribution in [2.24, 2.45) is 0 Å². The van der Waals surface area contributed by atoms with Crippen LogP contribution in [0.2, 0.25) is 0 Å². The monoisotopic (exact) mass is 364 g/mol. The fourth-order valence-corrected chi connectivity index (χ4v) is 2.77. The molecule has 0 bridgehead atoms. The van der Waals surface area contributed by atoms with Gasteiger partial charge >= 0.3 is 7.12 Å². The van der Waals surface area contributed by atoms with Gasteiger partial charge in [0.15, 0.2) is 0 Å². The number of hydrogen-bond donors (Lipinski definition) is 0. The number of benzene rings is 1. The summed E-state index contributed by atoms with van der Waals surface area (Å²) in [6.45, 7) is 11.6. The molecule has 144 valence electrons. The third kappa shape index (κ3) is 4.78. The van der Waals surface area contributed by atoms with Crippen LogP contribution in [0.5, 0.6) is 5.75 Å². The van der Waals surface area contributed by atoms with Gasteiger partial charge in [0.2, 0.25) is 0 Å². The highest BCUT2D eigenvalue weighted by atomic mass is 16.7. The maximum absolute atomic E-state index is 6.06. The lowest BCUT2D eigenvalue weighted by atomic mass is 9.79. The minimum Gasteiger partial charge on any atom is -0.491 e. The molecule has 0 N–H and O–H groups in total. The Morgan fingerprint density at radius 1 is 1.00 bits per heavy atom. The van der Waals surface area contributed by atoms with Gasteiger partial charge in [0.1, 0.15) is 18.5 Å². The van der Waals surface area contributed by atoms with Crippen LogP contribution in [-0.4, -0.2) is 64.1 Å². The summed E-state index contributed by atoms with van der Waals surface area (Å²) in [6, 6.07) is 7.81. The number of rotatable bonds is 7. The van der Waals surface area contributed by atoms with Gasteiger partial charge in [0.05, 0.1) is 44.2 Å². The summed E-state index contributed by atoms with van der Waals surface area (Å²) in [7, 11) is -0.352. The minimum atomic E-state index is -0.352. The van der Waals surface area contributed by atoms with E-state index in [9.17, 15) is 0 Å². The lowest BCUT2D eigenvalue weighted by Gasteiger charge is -2.32. The van der Waals surface area contributed by atoms with E-state index in [4.69, 9.17) is 28.3 Å². The second kappa shape index (κ2) is 8.27. The Bertz CT molecular complexity index is 552. The molecule has 7 heteroatoms. The second-order valence-corrected chi connectivity index (χ2v) is 7.65. The van der Waals surface area contributed by atoms with E-state index in [1.54, 1.807) is 0 Å². The van der Waals surface area contributed by atoms with Crippen molar-refractivity contribution in [3.05, 3.63) is 24.3 Å². The maximum atomic E-state index is 6.06. The quantitative estimate of drug-likeness (QED) is 0.543. The van der Waals surface area contributed by atoms with Crippen molar-refractivity contribution in [2.45, 2.75) is 45.0 Å². The topological polar surface area (TPSA) is 55.4 Å². The molecule has 1 atom stereocenters. The zero-order valence-corrected chi connectivity index (χ0v) is 16.2. The SMILES string of the molecule is CC1(C)OB(c2ccc(OCCOC[C@@H]3COCCO3)cc2)OC1(C)C. The van der Waals surface area contributed by atoms with Crippen molar-refractivity contribution in [1.29, 1.82) is 0 Å². The van der Waals surface area contributed by atoms with Crippen molar-refractivity contribution in [1.82, 2.24) is 0 Å². The molecule has 2 saturated heterocycles. The summed E-state index contributed by atoms with van der Waals surface area (Å²) in [4.78, 5) is 0. The average Bonchev–Trinajstić information content (AvgIpc) is 2.84. The van der Waals surface area contributed by atoms with E-state index in [2.05, 4.69) is 27.7 Å². The van der Waals surface area contributed by atoms with Crippen LogP contribution in [-0.2, 0) is 23.5 Å². The van der Waals surface area contributed by atoms with Crippen molar-refractivity contribution in [2.75, 3.05) is 39.6 Å². The Labute approximate surface area is 156 Å². The lowest BCUT2D eigenvalue weighted by molar-refractivity contribution is -0.116. The Hall–Kier alpha value is -1.12. The van der Waals surface area contributed by atoms with Crippen LogP contribution in [0.1, 0.15) is 27.7 Å². The summed E-state index contributed by atoms with van der Waals surface area (Å²) < 4.78 is 34.3. The molecular formula is C19H29BO6. The Morgan fingerprint density at radius 2 is 1.69 bits per heavy atom. The molecule has 2 aliphatic heterocycles. The first kappa shape index (κ1) is 19.6. The van der Waals surface area contributed by atoms with Gasteiger partial charge in [-0.1, -0.05) is 12.1 Å². The van der Waals surface area contributed by atoms with E-state index < -0.39 is 0 Å². The van der Waals surface area contributed by atoms with Crippen molar-refractivity contribution < 1.29 is 28.3 Å². The fraction of sp³-hybridized carbons (Fsp3) is 0.684. The molecule has 0 amide bonds. The highest BCUT2D eigenvalue weighted by Gasteiger charge is 2.51. The van der Waals surface area contributed by atoms with Crippen LogP contribution in [0.25, 0.3) is 0 Å². The zero-order chi connectivity index (χ0) is 18.6. The van der Waals surface area contributed by atoms with E-state index in [0.717, 1.165) is 11.2 Å². The molecule has 1 aromatic rings. The predicted octanol–water partition coefficient (Wildman–Crippen LogP) is 1.80. The van der Waals surface area contributed by atoms with Gasteiger partial charge in [0, 0.05) is 0 Å². The maximum Gasteiger partial charge on any atom is 0.494 e. The summed E-state index contributed by atoms with van der Waals surface area (Å²) in [5.74, 6) is 0.797. The van der Waals surface area contributed by atoms with Crippen LogP contribution >= 0.6 is 0 Å². The molecule has 6 nitrogen and oxygen atoms in total. The van der Waals surface area contributed by atoms with E-state index >= 15 is 0 Å². The zero-order valence-electron chi connectivity index (χ0n) is 16.2. The largest absolute Gasteiger partial charge is 0.494 e. The fourth-order valence-electron chi connectivity index (χ4n) is 2.77. The predicted molar refractivity (Wildman–Crippen MR) is 99.0 cm³/mol. The first-order valence-electron chi connectivity index (χ1n) is 9.23. The smallest absolute Gasteiger partial charge is 0.491 e. The molecule has 0 radical (unpaired) electrons. The number of ether oxygens (including phenoxy) is 4. The van der Waals surface area contributed by atoms with Gasteiger partial charge in [-0.05, 0) is 45.3 Å². The van der Waals surface area contributed by atoms with Gasteiger partial charge in [-0.2, -0.15) is 0 Å². The van der Waals surface area contributed by atoms with Crippen LogP contribution < -0.4 is 10.2 Å². The Morgan fingerprint density at radius 3 is 2.31 bits per heavy atom. The van der Waals surface area contributed by atoms with E-state index in [0.29, 0.717) is 39.6 Å². The first-order chi connectivity index (χ1) is 12.4. The molecule has 0 saturated carbocycles. The van der Waals surface area contributed by atoms with Crippen LogP contribution in [0, 0.1) is 0 Å². The highest BCUT2D eigenvalue weighted by Crippen LogP contribution is 2.36. The third-order valence-electron chi connectivity index (χ3n) is 5.09. The van der Waals surface area contributed by atoms with Crippen molar-refractivity contribution >= 4 is 12.6 Å². The van der Waals surface area contributed by atoms with Gasteiger partial charge in [-0.3, -0.25) is 0 Å². The molecule has 0 unspecified atom stereocenters. The molecule has 2 aliphatic rings. The summed E-state index contributed by atoms with van der Waals surface area (Å²) >= 11 is 0. The molecule has 2 heterocycles. The first-order valence-corrected chi connectivity index (χ1v) is 9.23. The summed E-state index contributed by atoms with van der Waals surface area (Å²) in [6.07, 6.45) is 0.0305. The van der Waals surface area contributed by atoms with Crippen LogP contribution in [0.3, 0.4) is 0 Å². The molecule has 3 rings (SSSR count). The van der Waals surface area contributed by atoms with Gasteiger partial charge < -0.3 is 28.3 Å². The Balaban J connectivity index is 1.39. The number of hydrogen-bond acceptors (Lipinski definition) is 6. The summed E-state index contributed by atoms with van der Waals surface area (Å²) in [5, 5.41) is 0. The molecule has 0 spiro atoms. The Kier molecular flexibility index (Phi) is 6.25. The highest BCUT2D eigenvalue weighted by molar-refractivity contribution is 6.62.